The molecule has 1 N–H and O–H groups in total. The van der Waals surface area contributed by atoms with Gasteiger partial charge < -0.3 is 24.6 Å². The van der Waals surface area contributed by atoms with Crippen molar-refractivity contribution in [3.8, 4) is 11.5 Å². The summed E-state index contributed by atoms with van der Waals surface area (Å²) in [5, 5.41) is 3.34. The van der Waals surface area contributed by atoms with Crippen molar-refractivity contribution in [3.63, 3.8) is 0 Å². The van der Waals surface area contributed by atoms with E-state index in [-0.39, 0.29) is 36.1 Å². The number of hydrogen-bond donors (Lipinski definition) is 1. The fraction of sp³-hybridized carbons (Fsp3) is 0.548. The fourth-order valence-corrected chi connectivity index (χ4v) is 5.89. The summed E-state index contributed by atoms with van der Waals surface area (Å²) in [6.45, 7) is 13.5. The van der Waals surface area contributed by atoms with E-state index < -0.39 is 0 Å². The molecule has 3 aliphatic rings. The third-order valence-electron chi connectivity index (χ3n) is 7.80. The Hall–Kier alpha value is -3.10. The van der Waals surface area contributed by atoms with Crippen molar-refractivity contribution in [2.45, 2.75) is 65.7 Å². The van der Waals surface area contributed by atoms with E-state index in [9.17, 15) is 9.59 Å². The number of nitrogens with one attached hydrogen (secondary N) is 1. The zero-order valence-corrected chi connectivity index (χ0v) is 23.7. The van der Waals surface area contributed by atoms with Crippen LogP contribution in [-0.2, 0) is 22.7 Å². The minimum absolute atomic E-state index is 0.0498. The van der Waals surface area contributed by atoms with Crippen LogP contribution < -0.4 is 14.8 Å². The van der Waals surface area contributed by atoms with Crippen molar-refractivity contribution in [3.05, 3.63) is 59.2 Å². The number of rotatable bonds is 7. The van der Waals surface area contributed by atoms with E-state index in [1.165, 1.54) is 5.56 Å². The summed E-state index contributed by atoms with van der Waals surface area (Å²) in [6, 6.07) is 14.0. The Morgan fingerprint density at radius 3 is 2.54 bits per heavy atom. The van der Waals surface area contributed by atoms with E-state index in [2.05, 4.69) is 56.1 Å². The second kappa shape index (κ2) is 11.6. The first-order valence-corrected chi connectivity index (χ1v) is 14.1. The lowest BCUT2D eigenvalue weighted by molar-refractivity contribution is -0.138. The molecule has 3 aliphatic heterocycles. The molecule has 2 fully saturated rings. The van der Waals surface area contributed by atoms with Gasteiger partial charge in [0, 0.05) is 58.3 Å². The van der Waals surface area contributed by atoms with Gasteiger partial charge in [0.15, 0.2) is 11.5 Å². The number of benzene rings is 2. The number of carbonyl (C=O) groups is 2. The first-order valence-electron chi connectivity index (χ1n) is 14.1. The Balaban J connectivity index is 1.42. The maximum Gasteiger partial charge on any atom is 0.240 e. The van der Waals surface area contributed by atoms with E-state index in [4.69, 9.17) is 9.47 Å². The Morgan fingerprint density at radius 1 is 1.03 bits per heavy atom. The molecule has 0 saturated carbocycles. The zero-order valence-electron chi connectivity index (χ0n) is 23.7. The number of ether oxygens (including phenoxy) is 2. The van der Waals surface area contributed by atoms with Crippen molar-refractivity contribution in [2.75, 3.05) is 39.5 Å². The van der Waals surface area contributed by atoms with Crippen molar-refractivity contribution in [1.29, 1.82) is 0 Å². The van der Waals surface area contributed by atoms with Crippen LogP contribution in [0.1, 0.15) is 50.3 Å². The molecule has 0 radical (unpaired) electrons. The minimum atomic E-state index is -0.277. The molecule has 210 valence electrons. The van der Waals surface area contributed by atoms with Gasteiger partial charge >= 0.3 is 0 Å². The summed E-state index contributed by atoms with van der Waals surface area (Å²) in [7, 11) is 0. The Morgan fingerprint density at radius 2 is 1.79 bits per heavy atom. The van der Waals surface area contributed by atoms with Crippen LogP contribution in [0.15, 0.2) is 42.5 Å². The molecule has 0 aliphatic carbocycles. The molecule has 39 heavy (non-hydrogen) atoms. The highest BCUT2D eigenvalue weighted by Crippen LogP contribution is 2.35. The number of piperazine rings is 1. The second-order valence-electron chi connectivity index (χ2n) is 12.3. The van der Waals surface area contributed by atoms with Gasteiger partial charge in [-0.3, -0.25) is 14.5 Å². The normalized spacial score (nSPS) is 21.3. The predicted octanol–water partition coefficient (Wildman–Crippen LogP) is 3.56. The Bertz CT molecular complexity index is 1190. The van der Waals surface area contributed by atoms with Crippen LogP contribution in [0.2, 0.25) is 0 Å². The number of amides is 2. The van der Waals surface area contributed by atoms with Crippen molar-refractivity contribution >= 4 is 11.8 Å². The second-order valence-corrected chi connectivity index (χ2v) is 12.3. The average molecular weight is 535 g/mol. The lowest BCUT2D eigenvalue weighted by atomic mass is 9.91. The van der Waals surface area contributed by atoms with Gasteiger partial charge in [-0.1, -0.05) is 56.7 Å². The number of aryl methyl sites for hydroxylation is 1. The van der Waals surface area contributed by atoms with Gasteiger partial charge in [-0.05, 0) is 42.0 Å². The minimum Gasteiger partial charge on any atom is -0.454 e. The average Bonchev–Trinajstić information content (AvgIpc) is 3.53. The highest BCUT2D eigenvalue weighted by Gasteiger charge is 2.42. The van der Waals surface area contributed by atoms with Crippen LogP contribution in [0.3, 0.4) is 0 Å². The maximum absolute atomic E-state index is 13.9. The third kappa shape index (κ3) is 6.73. The first-order chi connectivity index (χ1) is 18.7. The molecule has 2 aromatic carbocycles. The van der Waals surface area contributed by atoms with Crippen LogP contribution in [0.4, 0.5) is 0 Å². The van der Waals surface area contributed by atoms with Gasteiger partial charge in [-0.25, -0.2) is 0 Å². The monoisotopic (exact) mass is 534 g/mol. The zero-order chi connectivity index (χ0) is 27.6. The first kappa shape index (κ1) is 27.5. The topological polar surface area (TPSA) is 74.4 Å². The van der Waals surface area contributed by atoms with Crippen LogP contribution in [0.25, 0.3) is 0 Å². The molecular weight excluding hydrogens is 492 g/mol. The smallest absolute Gasteiger partial charge is 0.240 e. The maximum atomic E-state index is 13.9. The number of fused-ring (bicyclic) bond motifs is 1. The van der Waals surface area contributed by atoms with E-state index in [0.717, 1.165) is 35.7 Å². The SMILES string of the molecule is Cc1cccc(CN(C(=O)CC(C)(C)C)C2CC(C(=O)N3CCNCC3)N(Cc3ccc4c(c3)OCO4)C2)c1. The van der Waals surface area contributed by atoms with Crippen LogP contribution in [0, 0.1) is 12.3 Å². The molecule has 0 bridgehead atoms. The summed E-state index contributed by atoms with van der Waals surface area (Å²) in [4.78, 5) is 33.9. The lowest BCUT2D eigenvalue weighted by Gasteiger charge is -2.33. The van der Waals surface area contributed by atoms with Gasteiger partial charge in [0.2, 0.25) is 18.6 Å². The molecule has 2 atom stereocenters. The number of likely N-dealkylation sites (tertiary alicyclic amines) is 1. The van der Waals surface area contributed by atoms with Crippen molar-refractivity contribution < 1.29 is 19.1 Å². The summed E-state index contributed by atoms with van der Waals surface area (Å²) >= 11 is 0. The molecule has 2 amide bonds. The predicted molar refractivity (Wildman–Crippen MR) is 150 cm³/mol. The van der Waals surface area contributed by atoms with Crippen molar-refractivity contribution in [1.82, 2.24) is 20.0 Å². The number of carbonyl (C=O) groups excluding carboxylic acids is 2. The molecule has 5 rings (SSSR count). The van der Waals surface area contributed by atoms with E-state index in [1.807, 2.05) is 34.1 Å². The summed E-state index contributed by atoms with van der Waals surface area (Å²) in [5.41, 5.74) is 3.25. The van der Waals surface area contributed by atoms with Gasteiger partial charge in [-0.2, -0.15) is 0 Å². The molecule has 8 heteroatoms. The Labute approximate surface area is 232 Å². The number of nitrogens with zero attached hydrogens (tertiary/aromatic N) is 3. The summed E-state index contributed by atoms with van der Waals surface area (Å²) in [6.07, 6.45) is 1.10. The highest BCUT2D eigenvalue weighted by molar-refractivity contribution is 5.83. The summed E-state index contributed by atoms with van der Waals surface area (Å²) in [5.74, 6) is 1.81. The van der Waals surface area contributed by atoms with Gasteiger partial charge in [0.05, 0.1) is 6.04 Å². The van der Waals surface area contributed by atoms with Gasteiger partial charge in [0.25, 0.3) is 0 Å². The van der Waals surface area contributed by atoms with Crippen LogP contribution >= 0.6 is 0 Å². The summed E-state index contributed by atoms with van der Waals surface area (Å²) < 4.78 is 11.1. The molecular formula is C31H42N4O4. The Kier molecular flexibility index (Phi) is 8.14. The van der Waals surface area contributed by atoms with Crippen LogP contribution in [0.5, 0.6) is 11.5 Å². The molecule has 2 unspecified atom stereocenters. The van der Waals surface area contributed by atoms with Crippen LogP contribution in [-0.4, -0.2) is 78.1 Å². The van der Waals surface area contributed by atoms with E-state index >= 15 is 0 Å². The standard InChI is InChI=1S/C31H42N4O4/c1-22-6-5-7-23(14-22)19-35(29(36)17-31(2,3)4)25-16-26(30(37)33-12-10-32-11-13-33)34(20-25)18-24-8-9-27-28(15-24)39-21-38-27/h5-9,14-15,25-26,32H,10-13,16-21H2,1-4H3. The fourth-order valence-electron chi connectivity index (χ4n) is 5.89. The molecule has 2 aromatic rings. The van der Waals surface area contributed by atoms with E-state index in [0.29, 0.717) is 45.6 Å². The highest BCUT2D eigenvalue weighted by atomic mass is 16.7. The third-order valence-corrected chi connectivity index (χ3v) is 7.80. The van der Waals surface area contributed by atoms with Gasteiger partial charge in [-0.15, -0.1) is 0 Å². The molecule has 3 heterocycles. The molecule has 8 nitrogen and oxygen atoms in total. The molecule has 2 saturated heterocycles. The molecule has 0 spiro atoms. The van der Waals surface area contributed by atoms with Gasteiger partial charge in [0.1, 0.15) is 0 Å². The largest absolute Gasteiger partial charge is 0.454 e. The molecule has 0 aromatic heterocycles. The lowest BCUT2D eigenvalue weighted by Crippen LogP contribution is -2.52. The quantitative estimate of drug-likeness (QED) is 0.586. The number of hydrogen-bond acceptors (Lipinski definition) is 6. The van der Waals surface area contributed by atoms with E-state index in [1.54, 1.807) is 0 Å². The van der Waals surface area contributed by atoms with Crippen molar-refractivity contribution in [2.24, 2.45) is 5.41 Å².